The third kappa shape index (κ3) is 7.51. The van der Waals surface area contributed by atoms with Crippen LogP contribution in [0.3, 0.4) is 0 Å². The van der Waals surface area contributed by atoms with Crippen LogP contribution in [0, 0.1) is 5.92 Å². The molecular formula is C34H38BrClN6O3. The maximum absolute atomic E-state index is 13.5. The number of aryl methyl sites for hydroxylation is 2. The molecule has 1 aliphatic carbocycles. The van der Waals surface area contributed by atoms with E-state index in [1.165, 1.54) is 16.7 Å². The number of piperidine rings is 1. The van der Waals surface area contributed by atoms with Crippen LogP contribution in [-0.2, 0) is 17.6 Å². The number of aromatic nitrogens is 1. The summed E-state index contributed by atoms with van der Waals surface area (Å²) in [7, 11) is 1.55. The van der Waals surface area contributed by atoms with Gasteiger partial charge in [-0.3, -0.25) is 14.7 Å². The molecule has 1 N–H and O–H groups in total. The number of hydrogen-bond donors (Lipinski definition) is 1. The largest absolute Gasteiger partial charge is 0.426 e. The Labute approximate surface area is 277 Å². The third-order valence-electron chi connectivity index (χ3n) is 9.03. The molecular weight excluding hydrogens is 656 g/mol. The summed E-state index contributed by atoms with van der Waals surface area (Å²) in [5, 5.41) is 3.29. The van der Waals surface area contributed by atoms with E-state index < -0.39 is 6.03 Å². The van der Waals surface area contributed by atoms with Crippen LogP contribution in [0.2, 0.25) is 5.02 Å². The Morgan fingerprint density at radius 3 is 2.44 bits per heavy atom. The highest BCUT2D eigenvalue weighted by Crippen LogP contribution is 2.38. The van der Waals surface area contributed by atoms with Crippen LogP contribution in [0.25, 0.3) is 0 Å². The Morgan fingerprint density at radius 1 is 0.978 bits per heavy atom. The topological polar surface area (TPSA) is 90.4 Å². The van der Waals surface area contributed by atoms with Crippen LogP contribution >= 0.6 is 27.5 Å². The van der Waals surface area contributed by atoms with E-state index in [1.54, 1.807) is 7.05 Å². The average molecular weight is 694 g/mol. The summed E-state index contributed by atoms with van der Waals surface area (Å²) in [6.45, 7) is 4.28. The second-order valence-electron chi connectivity index (χ2n) is 11.9. The highest BCUT2D eigenvalue weighted by molar-refractivity contribution is 9.10. The molecule has 2 fully saturated rings. The molecule has 45 heavy (non-hydrogen) atoms. The highest BCUT2D eigenvalue weighted by Gasteiger charge is 2.34. The fraction of sp³-hybridized carbons (Fsp3) is 0.412. The number of aliphatic imine (C=N–C) groups is 1. The molecule has 2 saturated heterocycles. The zero-order valence-corrected chi connectivity index (χ0v) is 27.8. The Hall–Kier alpha value is -3.47. The van der Waals surface area contributed by atoms with E-state index in [2.05, 4.69) is 49.3 Å². The predicted molar refractivity (Wildman–Crippen MR) is 179 cm³/mol. The van der Waals surface area contributed by atoms with Crippen molar-refractivity contribution in [2.45, 2.75) is 38.1 Å². The van der Waals surface area contributed by atoms with E-state index in [-0.39, 0.29) is 23.9 Å². The van der Waals surface area contributed by atoms with Gasteiger partial charge in [0, 0.05) is 68.4 Å². The van der Waals surface area contributed by atoms with Crippen LogP contribution in [-0.4, -0.2) is 84.0 Å². The fourth-order valence-corrected chi connectivity index (χ4v) is 7.18. The van der Waals surface area contributed by atoms with Gasteiger partial charge in [-0.2, -0.15) is 0 Å². The number of amidine groups is 1. The van der Waals surface area contributed by atoms with Gasteiger partial charge in [-0.25, -0.2) is 4.79 Å². The first-order valence-electron chi connectivity index (χ1n) is 15.6. The number of halogens is 2. The molecule has 0 spiro atoms. The molecule has 3 amide bonds. The molecule has 9 nitrogen and oxygen atoms in total. The Morgan fingerprint density at radius 2 is 1.71 bits per heavy atom. The third-order valence-corrected chi connectivity index (χ3v) is 9.70. The minimum atomic E-state index is -0.458. The first-order valence-corrected chi connectivity index (χ1v) is 16.8. The lowest BCUT2D eigenvalue weighted by atomic mass is 9.93. The van der Waals surface area contributed by atoms with Crippen LogP contribution in [0.4, 0.5) is 4.79 Å². The number of piperazine rings is 1. The second kappa shape index (κ2) is 14.3. The van der Waals surface area contributed by atoms with Crippen molar-refractivity contribution < 1.29 is 14.3 Å². The van der Waals surface area contributed by atoms with Gasteiger partial charge in [0.2, 0.25) is 5.91 Å². The molecule has 1 unspecified atom stereocenters. The number of urea groups is 1. The summed E-state index contributed by atoms with van der Waals surface area (Å²) in [6, 6.07) is 17.6. The van der Waals surface area contributed by atoms with Crippen molar-refractivity contribution >= 4 is 45.5 Å². The lowest BCUT2D eigenvalue weighted by Crippen LogP contribution is -2.50. The van der Waals surface area contributed by atoms with E-state index >= 15 is 0 Å². The lowest BCUT2D eigenvalue weighted by molar-refractivity contribution is -0.134. The monoisotopic (exact) mass is 692 g/mol. The number of pyridine rings is 1. The van der Waals surface area contributed by atoms with Crippen molar-refractivity contribution in [1.29, 1.82) is 0 Å². The van der Waals surface area contributed by atoms with Crippen molar-refractivity contribution in [2.24, 2.45) is 10.9 Å². The van der Waals surface area contributed by atoms with E-state index in [4.69, 9.17) is 21.3 Å². The number of para-hydroxylation sites is 1. The van der Waals surface area contributed by atoms with Gasteiger partial charge >= 0.3 is 12.1 Å². The number of carbonyl (C=O) groups is 2. The number of amides is 3. The van der Waals surface area contributed by atoms with Crippen molar-refractivity contribution in [3.63, 3.8) is 0 Å². The van der Waals surface area contributed by atoms with Crippen molar-refractivity contribution in [3.8, 4) is 5.75 Å². The van der Waals surface area contributed by atoms with Crippen LogP contribution in [0.1, 0.15) is 47.7 Å². The van der Waals surface area contributed by atoms with Crippen molar-refractivity contribution in [3.05, 3.63) is 92.7 Å². The maximum Gasteiger partial charge on any atom is 0.345 e. The van der Waals surface area contributed by atoms with Gasteiger partial charge < -0.3 is 19.9 Å². The summed E-state index contributed by atoms with van der Waals surface area (Å²) in [6.07, 6.45) is 5.91. The first kappa shape index (κ1) is 31.5. The quantitative estimate of drug-likeness (QED) is 0.279. The molecule has 3 heterocycles. The number of carbonyl (C=O) groups excluding carboxylic acids is 2. The molecule has 2 aromatic carbocycles. The molecule has 1 aromatic heterocycles. The van der Waals surface area contributed by atoms with E-state index in [1.807, 2.05) is 52.4 Å². The normalized spacial score (nSPS) is 19.4. The number of benzene rings is 2. The summed E-state index contributed by atoms with van der Waals surface area (Å²) in [4.78, 5) is 41.1. The number of ether oxygens (including phenoxy) is 1. The zero-order chi connectivity index (χ0) is 31.3. The van der Waals surface area contributed by atoms with Gasteiger partial charge in [0.1, 0.15) is 5.75 Å². The van der Waals surface area contributed by atoms with Crippen molar-refractivity contribution in [1.82, 2.24) is 25.0 Å². The molecule has 1 atom stereocenters. The van der Waals surface area contributed by atoms with Gasteiger partial charge in [0.15, 0.2) is 0 Å². The SMILES string of the molecule is CNC(=O)/N=C(/Oc1ccccc1)N1CCC(CC(=O)N2CCN(C3c4ccc(Cl)cc4CCc4cc(Br)cnc43)CC2)CC1. The molecule has 3 aliphatic rings. The average Bonchev–Trinajstić information content (AvgIpc) is 3.21. The maximum atomic E-state index is 13.5. The number of nitrogens with zero attached hydrogens (tertiary/aromatic N) is 5. The van der Waals surface area contributed by atoms with E-state index in [9.17, 15) is 9.59 Å². The predicted octanol–water partition coefficient (Wildman–Crippen LogP) is 5.71. The van der Waals surface area contributed by atoms with E-state index in [0.717, 1.165) is 54.0 Å². The number of rotatable bonds is 4. The number of nitrogens with one attached hydrogen (secondary N) is 1. The molecule has 2 aliphatic heterocycles. The van der Waals surface area contributed by atoms with Crippen LogP contribution < -0.4 is 10.1 Å². The Balaban J connectivity index is 1.06. The summed E-state index contributed by atoms with van der Waals surface area (Å²) >= 11 is 10.0. The van der Waals surface area contributed by atoms with Gasteiger partial charge in [0.25, 0.3) is 0 Å². The molecule has 236 valence electrons. The minimum absolute atomic E-state index is 0.0354. The Kier molecular flexibility index (Phi) is 10.0. The number of hydrogen-bond acceptors (Lipinski definition) is 5. The summed E-state index contributed by atoms with van der Waals surface area (Å²) < 4.78 is 6.97. The van der Waals surface area contributed by atoms with Gasteiger partial charge in [-0.05, 0) is 94.6 Å². The molecule has 6 rings (SSSR count). The van der Waals surface area contributed by atoms with Gasteiger partial charge in [-0.15, -0.1) is 4.99 Å². The zero-order valence-electron chi connectivity index (χ0n) is 25.4. The second-order valence-corrected chi connectivity index (χ2v) is 13.2. The molecule has 3 aromatic rings. The van der Waals surface area contributed by atoms with Gasteiger partial charge in [-0.1, -0.05) is 35.9 Å². The van der Waals surface area contributed by atoms with E-state index in [0.29, 0.717) is 38.3 Å². The molecule has 0 saturated carbocycles. The first-order chi connectivity index (χ1) is 21.9. The summed E-state index contributed by atoms with van der Waals surface area (Å²) in [5.41, 5.74) is 4.88. The smallest absolute Gasteiger partial charge is 0.345 e. The van der Waals surface area contributed by atoms with Gasteiger partial charge in [0.05, 0.1) is 11.7 Å². The molecule has 0 bridgehead atoms. The Bertz CT molecular complexity index is 1500. The lowest BCUT2D eigenvalue weighted by Gasteiger charge is -2.40. The molecule has 11 heteroatoms. The number of fused-ring (bicyclic) bond motifs is 2. The fourth-order valence-electron chi connectivity index (χ4n) is 6.61. The number of likely N-dealkylation sites (tertiary alicyclic amines) is 1. The highest BCUT2D eigenvalue weighted by atomic mass is 79.9. The summed E-state index contributed by atoms with van der Waals surface area (Å²) in [5.74, 6) is 1.11. The van der Waals surface area contributed by atoms with Crippen LogP contribution in [0.5, 0.6) is 5.75 Å². The standard InChI is InChI=1S/C34H38BrClN6O3/c1-37-33(44)39-34(45-28-5-3-2-4-6-28)42-13-11-23(12-14-42)19-30(43)40-15-17-41(18-16-40)32-29-10-9-27(36)21-24(29)7-8-25-20-26(35)22-38-31(25)32/h2-6,9-10,20-23,32H,7-8,11-19H2,1H3,(H,37,44)/b39-34+. The van der Waals surface area contributed by atoms with Crippen molar-refractivity contribution in [2.75, 3.05) is 46.3 Å². The molecule has 0 radical (unpaired) electrons. The minimum Gasteiger partial charge on any atom is -0.426 e. The van der Waals surface area contributed by atoms with Crippen LogP contribution in [0.15, 0.2) is 70.3 Å².